The van der Waals surface area contributed by atoms with Gasteiger partial charge in [-0.05, 0) is 36.1 Å². The fourth-order valence-electron chi connectivity index (χ4n) is 3.27. The van der Waals surface area contributed by atoms with Crippen LogP contribution in [0.3, 0.4) is 0 Å². The number of hydrogen-bond acceptors (Lipinski definition) is 3. The van der Waals surface area contributed by atoms with Crippen molar-refractivity contribution in [2.45, 2.75) is 13.0 Å². The fraction of sp³-hybridized carbons (Fsp3) is 0.0870. The van der Waals surface area contributed by atoms with Crippen LogP contribution in [0, 0.1) is 18.6 Å². The molecule has 5 heteroatoms. The fourth-order valence-corrected chi connectivity index (χ4v) is 4.37. The van der Waals surface area contributed by atoms with Crippen LogP contribution in [0.4, 0.5) is 8.78 Å². The minimum Gasteiger partial charge on any atom is -0.384 e. The molecule has 2 aromatic heterocycles. The van der Waals surface area contributed by atoms with Gasteiger partial charge in [0.25, 0.3) is 0 Å². The van der Waals surface area contributed by atoms with Crippen molar-refractivity contribution < 1.29 is 13.9 Å². The van der Waals surface area contributed by atoms with E-state index >= 15 is 0 Å². The molecule has 2 nitrogen and oxygen atoms in total. The first-order chi connectivity index (χ1) is 13.5. The van der Waals surface area contributed by atoms with Crippen LogP contribution in [0.2, 0.25) is 0 Å². The molecule has 0 bridgehead atoms. The highest BCUT2D eigenvalue weighted by Gasteiger charge is 2.24. The van der Waals surface area contributed by atoms with Gasteiger partial charge in [0.1, 0.15) is 17.7 Å². The Morgan fingerprint density at radius 1 is 1.00 bits per heavy atom. The maximum atomic E-state index is 14.5. The number of nitrogens with zero attached hydrogens (tertiary/aromatic N) is 1. The Hall–Kier alpha value is -2.89. The Labute approximate surface area is 165 Å². The van der Waals surface area contributed by atoms with E-state index in [4.69, 9.17) is 0 Å². The number of thiophene rings is 1. The lowest BCUT2D eigenvalue weighted by molar-refractivity contribution is 0.221. The van der Waals surface area contributed by atoms with Gasteiger partial charge < -0.3 is 5.11 Å². The Morgan fingerprint density at radius 2 is 1.86 bits per heavy atom. The SMILES string of the molecule is Cc1cccc(-c2scc(-c3ccc(F)cc3F)c2C(O)c2cccnc2)c1. The lowest BCUT2D eigenvalue weighted by Crippen LogP contribution is -2.03. The maximum absolute atomic E-state index is 14.5. The standard InChI is InChI=1S/C23H17F2NOS/c1-14-4-2-5-15(10-14)23-21(22(27)16-6-3-9-26-12-16)19(13-28-23)18-8-7-17(24)11-20(18)25/h2-13,22,27H,1H3. The molecule has 2 heterocycles. The van der Waals surface area contributed by atoms with E-state index in [0.29, 0.717) is 16.7 Å². The zero-order valence-electron chi connectivity index (χ0n) is 15.1. The van der Waals surface area contributed by atoms with Gasteiger partial charge in [0.05, 0.1) is 0 Å². The van der Waals surface area contributed by atoms with E-state index in [9.17, 15) is 13.9 Å². The summed E-state index contributed by atoms with van der Waals surface area (Å²) in [4.78, 5) is 4.93. The Morgan fingerprint density at radius 3 is 2.57 bits per heavy atom. The first kappa shape index (κ1) is 18.5. The quantitative estimate of drug-likeness (QED) is 0.451. The number of hydrogen-bond donors (Lipinski definition) is 1. The van der Waals surface area contributed by atoms with Gasteiger partial charge in [-0.15, -0.1) is 11.3 Å². The predicted molar refractivity (Wildman–Crippen MR) is 108 cm³/mol. The molecule has 0 spiro atoms. The summed E-state index contributed by atoms with van der Waals surface area (Å²) in [5.74, 6) is -1.29. The molecule has 28 heavy (non-hydrogen) atoms. The zero-order chi connectivity index (χ0) is 19.7. The molecule has 0 saturated carbocycles. The van der Waals surface area contributed by atoms with Gasteiger partial charge in [-0.3, -0.25) is 4.98 Å². The average molecular weight is 393 g/mol. The van der Waals surface area contributed by atoms with Crippen LogP contribution in [0.5, 0.6) is 0 Å². The van der Waals surface area contributed by atoms with E-state index in [1.807, 2.05) is 36.6 Å². The molecule has 0 saturated heterocycles. The van der Waals surface area contributed by atoms with Gasteiger partial charge in [0, 0.05) is 45.6 Å². The van der Waals surface area contributed by atoms with Gasteiger partial charge >= 0.3 is 0 Å². The second-order valence-corrected chi connectivity index (χ2v) is 7.45. The summed E-state index contributed by atoms with van der Waals surface area (Å²) >= 11 is 1.43. The molecule has 0 amide bonds. The minimum absolute atomic E-state index is 0.259. The normalized spacial score (nSPS) is 12.1. The molecular weight excluding hydrogens is 376 g/mol. The smallest absolute Gasteiger partial charge is 0.133 e. The zero-order valence-corrected chi connectivity index (χ0v) is 15.9. The van der Waals surface area contributed by atoms with E-state index in [2.05, 4.69) is 4.98 Å². The molecule has 2 aromatic carbocycles. The molecule has 140 valence electrons. The van der Waals surface area contributed by atoms with Crippen LogP contribution < -0.4 is 0 Å². The highest BCUT2D eigenvalue weighted by atomic mass is 32.1. The summed E-state index contributed by atoms with van der Waals surface area (Å²) in [6, 6.07) is 14.9. The van der Waals surface area contributed by atoms with Gasteiger partial charge in [0.2, 0.25) is 0 Å². The number of aromatic nitrogens is 1. The first-order valence-electron chi connectivity index (χ1n) is 8.76. The number of pyridine rings is 1. The van der Waals surface area contributed by atoms with E-state index in [1.54, 1.807) is 24.5 Å². The molecule has 4 rings (SSSR count). The Kier molecular flexibility index (Phi) is 5.03. The van der Waals surface area contributed by atoms with Crippen molar-refractivity contribution in [3.63, 3.8) is 0 Å². The second kappa shape index (κ2) is 7.62. The van der Waals surface area contributed by atoms with Gasteiger partial charge in [-0.25, -0.2) is 8.78 Å². The molecule has 0 aliphatic carbocycles. The van der Waals surface area contributed by atoms with Crippen molar-refractivity contribution in [3.8, 4) is 21.6 Å². The summed E-state index contributed by atoms with van der Waals surface area (Å²) in [5.41, 5.74) is 4.04. The summed E-state index contributed by atoms with van der Waals surface area (Å²) in [7, 11) is 0. The monoisotopic (exact) mass is 393 g/mol. The highest BCUT2D eigenvalue weighted by Crippen LogP contribution is 2.44. The van der Waals surface area contributed by atoms with E-state index in [0.717, 1.165) is 22.1 Å². The van der Waals surface area contributed by atoms with Crippen molar-refractivity contribution in [1.82, 2.24) is 4.98 Å². The van der Waals surface area contributed by atoms with Gasteiger partial charge in [-0.2, -0.15) is 0 Å². The third-order valence-electron chi connectivity index (χ3n) is 4.60. The lowest BCUT2D eigenvalue weighted by atomic mass is 9.93. The number of aryl methyl sites for hydroxylation is 1. The summed E-state index contributed by atoms with van der Waals surface area (Å²) in [6.07, 6.45) is 2.23. The third kappa shape index (κ3) is 3.46. The minimum atomic E-state index is -0.991. The lowest BCUT2D eigenvalue weighted by Gasteiger charge is -2.16. The Balaban J connectivity index is 1.94. The molecule has 0 aliphatic heterocycles. The molecule has 4 aromatic rings. The Bertz CT molecular complexity index is 1120. The summed E-state index contributed by atoms with van der Waals surface area (Å²) < 4.78 is 27.9. The largest absolute Gasteiger partial charge is 0.384 e. The molecule has 1 atom stereocenters. The number of aliphatic hydroxyl groups is 1. The van der Waals surface area contributed by atoms with Crippen LogP contribution >= 0.6 is 11.3 Å². The van der Waals surface area contributed by atoms with Crippen LogP contribution in [0.1, 0.15) is 22.8 Å². The predicted octanol–water partition coefficient (Wildman–Crippen LogP) is 6.15. The molecule has 1 N–H and O–H groups in total. The van der Waals surface area contributed by atoms with Crippen LogP contribution in [0.25, 0.3) is 21.6 Å². The van der Waals surface area contributed by atoms with Crippen LogP contribution in [-0.4, -0.2) is 10.1 Å². The third-order valence-corrected chi connectivity index (χ3v) is 5.65. The topological polar surface area (TPSA) is 33.1 Å². The van der Waals surface area contributed by atoms with Crippen molar-refractivity contribution in [3.05, 3.63) is 101 Å². The number of halogens is 2. The number of benzene rings is 2. The van der Waals surface area contributed by atoms with Crippen molar-refractivity contribution in [2.75, 3.05) is 0 Å². The molecular formula is C23H17F2NOS. The van der Waals surface area contributed by atoms with Crippen LogP contribution in [0.15, 0.2) is 72.4 Å². The van der Waals surface area contributed by atoms with Crippen molar-refractivity contribution in [2.24, 2.45) is 0 Å². The maximum Gasteiger partial charge on any atom is 0.133 e. The molecule has 0 radical (unpaired) electrons. The number of aliphatic hydroxyl groups excluding tert-OH is 1. The van der Waals surface area contributed by atoms with Crippen molar-refractivity contribution >= 4 is 11.3 Å². The highest BCUT2D eigenvalue weighted by molar-refractivity contribution is 7.14. The van der Waals surface area contributed by atoms with Gasteiger partial charge in [0.15, 0.2) is 0 Å². The number of rotatable bonds is 4. The molecule has 1 unspecified atom stereocenters. The van der Waals surface area contributed by atoms with Crippen molar-refractivity contribution in [1.29, 1.82) is 0 Å². The second-order valence-electron chi connectivity index (χ2n) is 6.57. The van der Waals surface area contributed by atoms with Gasteiger partial charge in [-0.1, -0.05) is 35.9 Å². The average Bonchev–Trinajstić information content (AvgIpc) is 3.13. The first-order valence-corrected chi connectivity index (χ1v) is 9.64. The molecule has 0 fully saturated rings. The summed E-state index contributed by atoms with van der Waals surface area (Å²) in [5, 5.41) is 13.0. The van der Waals surface area contributed by atoms with E-state index in [1.165, 1.54) is 23.5 Å². The van der Waals surface area contributed by atoms with E-state index < -0.39 is 17.7 Å². The summed E-state index contributed by atoms with van der Waals surface area (Å²) in [6.45, 7) is 1.99. The van der Waals surface area contributed by atoms with E-state index in [-0.39, 0.29) is 5.56 Å². The molecule has 0 aliphatic rings. The van der Waals surface area contributed by atoms with Crippen LogP contribution in [-0.2, 0) is 0 Å².